The summed E-state index contributed by atoms with van der Waals surface area (Å²) in [5.41, 5.74) is 8.98. The summed E-state index contributed by atoms with van der Waals surface area (Å²) >= 11 is 1.61. The number of nitrogens with two attached hydrogens (primary N) is 1. The number of rotatable bonds is 7. The first kappa shape index (κ1) is 16.3. The van der Waals surface area contributed by atoms with E-state index in [9.17, 15) is 4.79 Å². The first-order valence-electron chi connectivity index (χ1n) is 7.90. The van der Waals surface area contributed by atoms with Crippen molar-refractivity contribution in [3.8, 4) is 5.69 Å². The van der Waals surface area contributed by atoms with Gasteiger partial charge >= 0.3 is 0 Å². The molecule has 0 fully saturated rings. The zero-order chi connectivity index (χ0) is 16.8. The molecule has 0 bridgehead atoms. The van der Waals surface area contributed by atoms with E-state index in [1.807, 2.05) is 53.2 Å². The molecule has 0 aliphatic carbocycles. The molecule has 2 aromatic heterocycles. The SMILES string of the molecule is Nc1cc(CCCNC(=O)Cc2ccsc2)nn1-c1ccccc1. The number of nitrogens with zero attached hydrogens (tertiary/aromatic N) is 2. The van der Waals surface area contributed by atoms with Crippen molar-refractivity contribution >= 4 is 23.1 Å². The number of hydrogen-bond acceptors (Lipinski definition) is 4. The lowest BCUT2D eigenvalue weighted by Gasteiger charge is -2.04. The number of amides is 1. The second kappa shape index (κ2) is 7.79. The van der Waals surface area contributed by atoms with Gasteiger partial charge in [-0.25, -0.2) is 4.68 Å². The molecule has 3 N–H and O–H groups in total. The number of aryl methyl sites for hydroxylation is 1. The fourth-order valence-corrected chi connectivity index (χ4v) is 3.15. The van der Waals surface area contributed by atoms with Crippen molar-refractivity contribution in [2.45, 2.75) is 19.3 Å². The van der Waals surface area contributed by atoms with Crippen LogP contribution in [-0.2, 0) is 17.6 Å². The molecule has 0 saturated heterocycles. The highest BCUT2D eigenvalue weighted by Gasteiger charge is 2.07. The van der Waals surface area contributed by atoms with Crippen LogP contribution in [0.2, 0.25) is 0 Å². The van der Waals surface area contributed by atoms with Crippen LogP contribution in [0.4, 0.5) is 5.82 Å². The highest BCUT2D eigenvalue weighted by molar-refractivity contribution is 7.07. The molecule has 1 amide bonds. The van der Waals surface area contributed by atoms with Crippen LogP contribution in [0.15, 0.2) is 53.2 Å². The second-order valence-electron chi connectivity index (χ2n) is 5.57. The Kier molecular flexibility index (Phi) is 5.28. The summed E-state index contributed by atoms with van der Waals surface area (Å²) in [4.78, 5) is 11.8. The van der Waals surface area contributed by atoms with Crippen LogP contribution in [0.3, 0.4) is 0 Å². The molecule has 6 heteroatoms. The molecular weight excluding hydrogens is 320 g/mol. The van der Waals surface area contributed by atoms with E-state index < -0.39 is 0 Å². The standard InChI is InChI=1S/C18H20N4OS/c19-17-12-15(21-22(17)16-6-2-1-3-7-16)5-4-9-20-18(23)11-14-8-10-24-13-14/h1-3,6-8,10,12-13H,4-5,9,11,19H2,(H,20,23). The average Bonchev–Trinajstić information content (AvgIpc) is 3.22. The third kappa shape index (κ3) is 4.23. The van der Waals surface area contributed by atoms with E-state index in [-0.39, 0.29) is 5.91 Å². The van der Waals surface area contributed by atoms with Crippen molar-refractivity contribution in [2.75, 3.05) is 12.3 Å². The molecule has 0 atom stereocenters. The lowest BCUT2D eigenvalue weighted by atomic mass is 10.2. The molecule has 5 nitrogen and oxygen atoms in total. The molecule has 0 saturated carbocycles. The fraction of sp³-hybridized carbons (Fsp3) is 0.222. The van der Waals surface area contributed by atoms with Gasteiger partial charge in [0.2, 0.25) is 5.91 Å². The monoisotopic (exact) mass is 340 g/mol. The molecule has 24 heavy (non-hydrogen) atoms. The van der Waals surface area contributed by atoms with Crippen molar-refractivity contribution in [3.05, 3.63) is 64.5 Å². The van der Waals surface area contributed by atoms with Crippen LogP contribution in [0.25, 0.3) is 5.69 Å². The highest BCUT2D eigenvalue weighted by Crippen LogP contribution is 2.15. The van der Waals surface area contributed by atoms with Crippen LogP contribution < -0.4 is 11.1 Å². The van der Waals surface area contributed by atoms with Crippen LogP contribution in [-0.4, -0.2) is 22.2 Å². The van der Waals surface area contributed by atoms with E-state index in [0.29, 0.717) is 18.8 Å². The number of carbonyl (C=O) groups is 1. The number of aromatic nitrogens is 2. The van der Waals surface area contributed by atoms with Crippen LogP contribution in [0.5, 0.6) is 0 Å². The summed E-state index contributed by atoms with van der Waals surface area (Å²) in [6, 6.07) is 13.7. The van der Waals surface area contributed by atoms with Gasteiger partial charge in [0.1, 0.15) is 5.82 Å². The number of nitrogen functional groups attached to an aromatic ring is 1. The van der Waals surface area contributed by atoms with Crippen molar-refractivity contribution < 1.29 is 4.79 Å². The number of nitrogens with one attached hydrogen (secondary N) is 1. The van der Waals surface area contributed by atoms with Crippen molar-refractivity contribution in [1.82, 2.24) is 15.1 Å². The summed E-state index contributed by atoms with van der Waals surface area (Å²) in [6.45, 7) is 0.640. The third-order valence-corrected chi connectivity index (χ3v) is 4.40. The smallest absolute Gasteiger partial charge is 0.224 e. The van der Waals surface area contributed by atoms with E-state index in [4.69, 9.17) is 5.73 Å². The number of anilines is 1. The molecule has 0 radical (unpaired) electrons. The molecule has 3 aromatic rings. The largest absolute Gasteiger partial charge is 0.384 e. The number of benzene rings is 1. The Morgan fingerprint density at radius 3 is 2.83 bits per heavy atom. The lowest BCUT2D eigenvalue weighted by Crippen LogP contribution is -2.26. The Labute approximate surface area is 145 Å². The van der Waals surface area contributed by atoms with Gasteiger partial charge in [0.25, 0.3) is 0 Å². The maximum absolute atomic E-state index is 11.8. The molecule has 0 aliphatic heterocycles. The second-order valence-corrected chi connectivity index (χ2v) is 6.35. The predicted octanol–water partition coefficient (Wildman–Crippen LogP) is 2.81. The predicted molar refractivity (Wildman–Crippen MR) is 97.3 cm³/mol. The van der Waals surface area contributed by atoms with Gasteiger partial charge in [0, 0.05) is 12.6 Å². The fourth-order valence-electron chi connectivity index (χ4n) is 2.48. The van der Waals surface area contributed by atoms with Crippen molar-refractivity contribution in [2.24, 2.45) is 0 Å². The van der Waals surface area contributed by atoms with Crippen molar-refractivity contribution in [3.63, 3.8) is 0 Å². The lowest BCUT2D eigenvalue weighted by molar-refractivity contribution is -0.120. The van der Waals surface area contributed by atoms with Gasteiger partial charge in [-0.3, -0.25) is 4.79 Å². The average molecular weight is 340 g/mol. The number of carbonyl (C=O) groups excluding carboxylic acids is 1. The van der Waals surface area contributed by atoms with Crippen LogP contribution >= 0.6 is 11.3 Å². The van der Waals surface area contributed by atoms with E-state index >= 15 is 0 Å². The molecule has 0 unspecified atom stereocenters. The Balaban J connectivity index is 1.46. The van der Waals surface area contributed by atoms with Gasteiger partial charge in [-0.1, -0.05) is 18.2 Å². The molecule has 0 aliphatic rings. The van der Waals surface area contributed by atoms with E-state index in [0.717, 1.165) is 29.8 Å². The topological polar surface area (TPSA) is 72.9 Å². The maximum atomic E-state index is 11.8. The zero-order valence-corrected chi connectivity index (χ0v) is 14.1. The minimum Gasteiger partial charge on any atom is -0.384 e. The number of hydrogen-bond donors (Lipinski definition) is 2. The summed E-state index contributed by atoms with van der Waals surface area (Å²) in [5.74, 6) is 0.681. The van der Waals surface area contributed by atoms with Gasteiger partial charge in [0.05, 0.1) is 17.8 Å². The first-order chi connectivity index (χ1) is 11.7. The van der Waals surface area contributed by atoms with E-state index in [1.54, 1.807) is 16.0 Å². The normalized spacial score (nSPS) is 10.7. The minimum absolute atomic E-state index is 0.0581. The Morgan fingerprint density at radius 1 is 1.25 bits per heavy atom. The van der Waals surface area contributed by atoms with E-state index in [2.05, 4.69) is 10.4 Å². The molecule has 124 valence electrons. The molecule has 3 rings (SSSR count). The molecule has 1 aromatic carbocycles. The molecule has 0 spiro atoms. The third-order valence-electron chi connectivity index (χ3n) is 3.66. The number of thiophene rings is 1. The first-order valence-corrected chi connectivity index (χ1v) is 8.84. The maximum Gasteiger partial charge on any atom is 0.224 e. The minimum atomic E-state index is 0.0581. The van der Waals surface area contributed by atoms with Gasteiger partial charge < -0.3 is 11.1 Å². The summed E-state index contributed by atoms with van der Waals surface area (Å²) in [6.07, 6.45) is 2.06. The summed E-state index contributed by atoms with van der Waals surface area (Å²) < 4.78 is 1.74. The Hall–Kier alpha value is -2.60. The number of para-hydroxylation sites is 1. The quantitative estimate of drug-likeness (QED) is 0.650. The van der Waals surface area contributed by atoms with Crippen molar-refractivity contribution in [1.29, 1.82) is 0 Å². The van der Waals surface area contributed by atoms with Gasteiger partial charge in [0.15, 0.2) is 0 Å². The highest BCUT2D eigenvalue weighted by atomic mass is 32.1. The Morgan fingerprint density at radius 2 is 2.08 bits per heavy atom. The molecule has 2 heterocycles. The van der Waals surface area contributed by atoms with Gasteiger partial charge in [-0.05, 0) is 47.4 Å². The zero-order valence-electron chi connectivity index (χ0n) is 13.3. The Bertz CT molecular complexity index is 781. The molecular formula is C18H20N4OS. The van der Waals surface area contributed by atoms with Gasteiger partial charge in [-0.15, -0.1) is 0 Å². The summed E-state index contributed by atoms with van der Waals surface area (Å²) in [7, 11) is 0. The summed E-state index contributed by atoms with van der Waals surface area (Å²) in [5, 5.41) is 11.5. The van der Waals surface area contributed by atoms with Crippen LogP contribution in [0.1, 0.15) is 17.7 Å². The van der Waals surface area contributed by atoms with Crippen LogP contribution in [0, 0.1) is 0 Å². The van der Waals surface area contributed by atoms with E-state index in [1.165, 1.54) is 0 Å². The van der Waals surface area contributed by atoms with Gasteiger partial charge in [-0.2, -0.15) is 16.4 Å².